The van der Waals surface area contributed by atoms with E-state index in [1.807, 2.05) is 24.3 Å². The Kier molecular flexibility index (Phi) is 4.08. The summed E-state index contributed by atoms with van der Waals surface area (Å²) in [6, 6.07) is 12.5. The predicted molar refractivity (Wildman–Crippen MR) is 102 cm³/mol. The highest BCUT2D eigenvalue weighted by atomic mass is 16.2. The van der Waals surface area contributed by atoms with Crippen molar-refractivity contribution in [2.24, 2.45) is 0 Å². The van der Waals surface area contributed by atoms with Crippen LogP contribution >= 0.6 is 0 Å². The molecule has 0 spiro atoms. The molecular formula is C19H17N5O3. The van der Waals surface area contributed by atoms with Crippen molar-refractivity contribution in [3.05, 3.63) is 74.6 Å². The van der Waals surface area contributed by atoms with Crippen LogP contribution < -0.4 is 16.4 Å². The third-order valence-electron chi connectivity index (χ3n) is 4.41. The van der Waals surface area contributed by atoms with Crippen LogP contribution in [-0.4, -0.2) is 25.4 Å². The summed E-state index contributed by atoms with van der Waals surface area (Å²) in [6.45, 7) is 2.40. The van der Waals surface area contributed by atoms with Crippen molar-refractivity contribution in [2.75, 3.05) is 0 Å². The molecule has 0 saturated carbocycles. The minimum Gasteiger partial charge on any atom is -0.345 e. The zero-order valence-electron chi connectivity index (χ0n) is 14.6. The van der Waals surface area contributed by atoms with Crippen LogP contribution in [0.3, 0.4) is 0 Å². The summed E-state index contributed by atoms with van der Waals surface area (Å²) in [4.78, 5) is 46.3. The average Bonchev–Trinajstić information content (AvgIpc) is 3.10. The van der Waals surface area contributed by atoms with Crippen LogP contribution in [0.5, 0.6) is 0 Å². The fourth-order valence-electron chi connectivity index (χ4n) is 3.09. The molecule has 4 aromatic rings. The van der Waals surface area contributed by atoms with Gasteiger partial charge in [0.15, 0.2) is 0 Å². The average molecular weight is 363 g/mol. The molecule has 0 unspecified atom stereocenters. The van der Waals surface area contributed by atoms with Gasteiger partial charge in [0.05, 0.1) is 28.6 Å². The van der Waals surface area contributed by atoms with Gasteiger partial charge in [0, 0.05) is 12.1 Å². The number of nitrogens with zero attached hydrogens (tertiary/aromatic N) is 2. The molecule has 0 atom stereocenters. The first-order valence-electron chi connectivity index (χ1n) is 8.55. The molecule has 2 aromatic heterocycles. The number of carbonyl (C=O) groups excluding carboxylic acids is 1. The van der Waals surface area contributed by atoms with Gasteiger partial charge in [0.25, 0.3) is 5.91 Å². The molecule has 4 rings (SSSR count). The highest BCUT2D eigenvalue weighted by Gasteiger charge is 2.11. The maximum Gasteiger partial charge on any atom is 0.316 e. The fourth-order valence-corrected chi connectivity index (χ4v) is 3.09. The van der Waals surface area contributed by atoms with E-state index in [9.17, 15) is 14.4 Å². The van der Waals surface area contributed by atoms with Gasteiger partial charge in [-0.15, -0.1) is 0 Å². The van der Waals surface area contributed by atoms with Crippen molar-refractivity contribution in [1.29, 1.82) is 0 Å². The standard InChI is InChI=1S/C19H17N5O3/c1-2-24-15-8-7-11(9-14(15)23-18(26)19(24)27)17(25)20-10-16-21-12-5-3-4-6-13(12)22-16/h3-9H,2,10H2,1H3,(H,20,25)(H,21,22)(H,23,26). The van der Waals surface area contributed by atoms with Crippen LogP contribution in [0.4, 0.5) is 0 Å². The smallest absolute Gasteiger partial charge is 0.316 e. The Labute approximate surface area is 152 Å². The van der Waals surface area contributed by atoms with E-state index in [-0.39, 0.29) is 12.5 Å². The molecular weight excluding hydrogens is 346 g/mol. The van der Waals surface area contributed by atoms with Gasteiger partial charge in [-0.1, -0.05) is 12.1 Å². The Balaban J connectivity index is 1.59. The van der Waals surface area contributed by atoms with Crippen molar-refractivity contribution in [3.63, 3.8) is 0 Å². The monoisotopic (exact) mass is 363 g/mol. The van der Waals surface area contributed by atoms with Crippen molar-refractivity contribution in [2.45, 2.75) is 20.0 Å². The second-order valence-corrected chi connectivity index (χ2v) is 6.12. The lowest BCUT2D eigenvalue weighted by molar-refractivity contribution is 0.0950. The van der Waals surface area contributed by atoms with E-state index in [0.717, 1.165) is 11.0 Å². The number of amides is 1. The number of hydrogen-bond acceptors (Lipinski definition) is 4. The second kappa shape index (κ2) is 6.56. The number of fused-ring (bicyclic) bond motifs is 2. The highest BCUT2D eigenvalue weighted by molar-refractivity contribution is 5.97. The fraction of sp³-hybridized carbons (Fsp3) is 0.158. The summed E-state index contributed by atoms with van der Waals surface area (Å²) < 4.78 is 1.38. The summed E-state index contributed by atoms with van der Waals surface area (Å²) in [5, 5.41) is 2.80. The van der Waals surface area contributed by atoms with Gasteiger partial charge in [0.2, 0.25) is 0 Å². The highest BCUT2D eigenvalue weighted by Crippen LogP contribution is 2.13. The number of imidazole rings is 1. The van der Waals surface area contributed by atoms with Crippen LogP contribution in [0.15, 0.2) is 52.1 Å². The number of aryl methyl sites for hydroxylation is 1. The van der Waals surface area contributed by atoms with Crippen LogP contribution in [-0.2, 0) is 13.1 Å². The van der Waals surface area contributed by atoms with E-state index in [1.54, 1.807) is 25.1 Å². The van der Waals surface area contributed by atoms with Crippen LogP contribution in [0.1, 0.15) is 23.1 Å². The summed E-state index contributed by atoms with van der Waals surface area (Å²) in [5.74, 6) is 0.353. The van der Waals surface area contributed by atoms with E-state index in [4.69, 9.17) is 0 Å². The Morgan fingerprint density at radius 2 is 1.93 bits per heavy atom. The molecule has 2 aromatic carbocycles. The lowest BCUT2D eigenvalue weighted by Crippen LogP contribution is -2.36. The van der Waals surface area contributed by atoms with E-state index in [1.165, 1.54) is 4.57 Å². The van der Waals surface area contributed by atoms with E-state index in [0.29, 0.717) is 29.0 Å². The molecule has 2 heterocycles. The quantitative estimate of drug-likeness (QED) is 0.477. The van der Waals surface area contributed by atoms with Crippen LogP contribution in [0.2, 0.25) is 0 Å². The molecule has 0 radical (unpaired) electrons. The number of carbonyl (C=O) groups is 1. The Morgan fingerprint density at radius 1 is 1.11 bits per heavy atom. The molecule has 0 aliphatic rings. The first kappa shape index (κ1) is 16.8. The van der Waals surface area contributed by atoms with Gasteiger partial charge < -0.3 is 19.9 Å². The number of aromatic nitrogens is 4. The molecule has 8 nitrogen and oxygen atoms in total. The van der Waals surface area contributed by atoms with Crippen LogP contribution in [0, 0.1) is 0 Å². The van der Waals surface area contributed by atoms with Crippen LogP contribution in [0.25, 0.3) is 22.1 Å². The molecule has 27 heavy (non-hydrogen) atoms. The Hall–Kier alpha value is -3.68. The lowest BCUT2D eigenvalue weighted by atomic mass is 10.1. The number of aromatic amines is 2. The van der Waals surface area contributed by atoms with E-state index >= 15 is 0 Å². The number of rotatable bonds is 4. The number of para-hydroxylation sites is 2. The van der Waals surface area contributed by atoms with Gasteiger partial charge in [-0.3, -0.25) is 14.4 Å². The molecule has 0 aliphatic carbocycles. The maximum atomic E-state index is 12.5. The molecule has 0 fully saturated rings. The van der Waals surface area contributed by atoms with Crippen molar-refractivity contribution < 1.29 is 4.79 Å². The third-order valence-corrected chi connectivity index (χ3v) is 4.41. The van der Waals surface area contributed by atoms with Crippen molar-refractivity contribution in [3.8, 4) is 0 Å². The topological polar surface area (TPSA) is 113 Å². The first-order chi connectivity index (χ1) is 13.1. The summed E-state index contributed by atoms with van der Waals surface area (Å²) in [5.41, 5.74) is 1.84. The second-order valence-electron chi connectivity index (χ2n) is 6.12. The summed E-state index contributed by atoms with van der Waals surface area (Å²) in [6.07, 6.45) is 0. The van der Waals surface area contributed by atoms with Gasteiger partial charge in [-0.05, 0) is 37.3 Å². The molecule has 136 valence electrons. The Bertz CT molecular complexity index is 1250. The van der Waals surface area contributed by atoms with Gasteiger partial charge in [-0.25, -0.2) is 4.98 Å². The number of hydrogen-bond donors (Lipinski definition) is 3. The molecule has 0 bridgehead atoms. The number of H-pyrrole nitrogens is 2. The van der Waals surface area contributed by atoms with E-state index < -0.39 is 11.1 Å². The molecule has 8 heteroatoms. The SMILES string of the molecule is CCn1c(=O)c(=O)[nH]c2cc(C(=O)NCc3nc4ccccc4[nH]3)ccc21. The third kappa shape index (κ3) is 3.01. The number of benzene rings is 2. The lowest BCUT2D eigenvalue weighted by Gasteiger charge is -2.09. The summed E-state index contributed by atoms with van der Waals surface area (Å²) >= 11 is 0. The normalized spacial score (nSPS) is 11.1. The largest absolute Gasteiger partial charge is 0.345 e. The van der Waals surface area contributed by atoms with E-state index in [2.05, 4.69) is 20.3 Å². The molecule has 0 saturated heterocycles. The Morgan fingerprint density at radius 3 is 2.70 bits per heavy atom. The molecule has 1 amide bonds. The zero-order valence-corrected chi connectivity index (χ0v) is 14.6. The van der Waals surface area contributed by atoms with Gasteiger partial charge >= 0.3 is 11.1 Å². The molecule has 3 N–H and O–H groups in total. The molecule has 0 aliphatic heterocycles. The summed E-state index contributed by atoms with van der Waals surface area (Å²) in [7, 11) is 0. The zero-order chi connectivity index (χ0) is 19.0. The van der Waals surface area contributed by atoms with Crippen molar-refractivity contribution in [1.82, 2.24) is 24.8 Å². The van der Waals surface area contributed by atoms with Gasteiger partial charge in [0.1, 0.15) is 5.82 Å². The number of nitrogens with one attached hydrogen (secondary N) is 3. The predicted octanol–water partition coefficient (Wildman–Crippen LogP) is 1.52. The minimum absolute atomic E-state index is 0.247. The van der Waals surface area contributed by atoms with Gasteiger partial charge in [-0.2, -0.15) is 0 Å². The van der Waals surface area contributed by atoms with Crippen molar-refractivity contribution >= 4 is 28.0 Å². The minimum atomic E-state index is -0.704. The first-order valence-corrected chi connectivity index (χ1v) is 8.55. The maximum absolute atomic E-state index is 12.5.